The van der Waals surface area contributed by atoms with Crippen molar-refractivity contribution in [2.45, 2.75) is 31.3 Å². The van der Waals surface area contributed by atoms with E-state index in [2.05, 4.69) is 0 Å². The van der Waals surface area contributed by atoms with E-state index in [0.717, 1.165) is 19.5 Å². The van der Waals surface area contributed by atoms with Crippen LogP contribution in [0, 0.1) is 0 Å². The Kier molecular flexibility index (Phi) is 5.83. The van der Waals surface area contributed by atoms with Gasteiger partial charge >= 0.3 is 0 Å². The number of hydrogen-bond donors (Lipinski definition) is 0. The second-order valence-corrected chi connectivity index (χ2v) is 3.82. The van der Waals surface area contributed by atoms with Gasteiger partial charge in [-0.2, -0.15) is 0 Å². The number of carbonyl (C=O) groups is 1. The van der Waals surface area contributed by atoms with Crippen molar-refractivity contribution in [3.05, 3.63) is 0 Å². The maximum Gasteiger partial charge on any atom is 0.152 e. The zero-order valence-electron chi connectivity index (χ0n) is 9.37. The quantitative estimate of drug-likeness (QED) is 0.650. The van der Waals surface area contributed by atoms with Gasteiger partial charge < -0.3 is 19.0 Å². The predicted octanol–water partition coefficient (Wildman–Crippen LogP) is 1.18. The molecule has 0 N–H and O–H groups in total. The SMILES string of the molecule is C1CCOC1.COC1(C=O)CCOCC1. The van der Waals surface area contributed by atoms with E-state index in [-0.39, 0.29) is 0 Å². The molecule has 4 nitrogen and oxygen atoms in total. The fourth-order valence-electron chi connectivity index (χ4n) is 1.60. The van der Waals surface area contributed by atoms with Crippen molar-refractivity contribution in [2.24, 2.45) is 0 Å². The van der Waals surface area contributed by atoms with Crippen LogP contribution in [-0.2, 0) is 19.0 Å². The number of hydrogen-bond acceptors (Lipinski definition) is 4. The Morgan fingerprint density at radius 2 is 1.60 bits per heavy atom. The first-order valence-electron chi connectivity index (χ1n) is 5.50. The van der Waals surface area contributed by atoms with Gasteiger partial charge in [0.15, 0.2) is 6.29 Å². The summed E-state index contributed by atoms with van der Waals surface area (Å²) >= 11 is 0. The Morgan fingerprint density at radius 3 is 1.87 bits per heavy atom. The highest BCUT2D eigenvalue weighted by atomic mass is 16.5. The molecule has 2 aliphatic rings. The Hall–Kier alpha value is -0.450. The Morgan fingerprint density at radius 1 is 1.07 bits per heavy atom. The minimum absolute atomic E-state index is 0.543. The lowest BCUT2D eigenvalue weighted by molar-refractivity contribution is -0.139. The maximum atomic E-state index is 10.5. The molecular formula is C11H20O4. The molecular weight excluding hydrogens is 196 g/mol. The zero-order chi connectivity index (χ0) is 11.0. The van der Waals surface area contributed by atoms with Gasteiger partial charge in [-0.15, -0.1) is 0 Å². The number of rotatable bonds is 2. The van der Waals surface area contributed by atoms with Crippen molar-refractivity contribution < 1.29 is 19.0 Å². The van der Waals surface area contributed by atoms with Crippen LogP contribution in [0.4, 0.5) is 0 Å². The molecule has 0 aliphatic carbocycles. The van der Waals surface area contributed by atoms with Crippen LogP contribution in [0.1, 0.15) is 25.7 Å². The summed E-state index contributed by atoms with van der Waals surface area (Å²) in [5, 5.41) is 0. The summed E-state index contributed by atoms with van der Waals surface area (Å²) in [4.78, 5) is 10.5. The highest BCUT2D eigenvalue weighted by Gasteiger charge is 2.31. The van der Waals surface area contributed by atoms with Crippen LogP contribution >= 0.6 is 0 Å². The van der Waals surface area contributed by atoms with Gasteiger partial charge in [0, 0.05) is 46.4 Å². The van der Waals surface area contributed by atoms with Gasteiger partial charge in [-0.3, -0.25) is 0 Å². The lowest BCUT2D eigenvalue weighted by Gasteiger charge is -2.30. The summed E-state index contributed by atoms with van der Waals surface area (Å²) in [6, 6.07) is 0. The highest BCUT2D eigenvalue weighted by molar-refractivity contribution is 5.62. The van der Waals surface area contributed by atoms with Gasteiger partial charge in [0.25, 0.3) is 0 Å². The Bertz CT molecular complexity index is 164. The van der Waals surface area contributed by atoms with Crippen LogP contribution < -0.4 is 0 Å². The second kappa shape index (κ2) is 6.93. The summed E-state index contributed by atoms with van der Waals surface area (Å²) in [6.07, 6.45) is 4.81. The first kappa shape index (κ1) is 12.6. The van der Waals surface area contributed by atoms with Crippen molar-refractivity contribution >= 4 is 6.29 Å². The zero-order valence-corrected chi connectivity index (χ0v) is 9.37. The second-order valence-electron chi connectivity index (χ2n) is 3.82. The molecule has 0 aromatic rings. The van der Waals surface area contributed by atoms with Gasteiger partial charge in [0.2, 0.25) is 0 Å². The largest absolute Gasteiger partial charge is 0.381 e. The molecule has 0 amide bonds. The Labute approximate surface area is 90.9 Å². The average Bonchev–Trinajstić information content (AvgIpc) is 2.89. The van der Waals surface area contributed by atoms with E-state index in [1.165, 1.54) is 12.8 Å². The topological polar surface area (TPSA) is 44.8 Å². The number of aldehydes is 1. The third kappa shape index (κ3) is 4.28. The van der Waals surface area contributed by atoms with E-state index in [1.807, 2.05) is 0 Å². The van der Waals surface area contributed by atoms with Crippen LogP contribution in [0.5, 0.6) is 0 Å². The molecule has 0 unspecified atom stereocenters. The van der Waals surface area contributed by atoms with Crippen LogP contribution in [-0.4, -0.2) is 45.4 Å². The van der Waals surface area contributed by atoms with Crippen molar-refractivity contribution in [2.75, 3.05) is 33.5 Å². The fourth-order valence-corrected chi connectivity index (χ4v) is 1.60. The van der Waals surface area contributed by atoms with Crippen LogP contribution in [0.2, 0.25) is 0 Å². The molecule has 0 saturated carbocycles. The molecule has 88 valence electrons. The van der Waals surface area contributed by atoms with E-state index < -0.39 is 5.60 Å². The predicted molar refractivity (Wildman–Crippen MR) is 55.9 cm³/mol. The third-order valence-corrected chi connectivity index (χ3v) is 2.79. The van der Waals surface area contributed by atoms with Gasteiger partial charge in [-0.25, -0.2) is 0 Å². The lowest BCUT2D eigenvalue weighted by atomic mass is 9.96. The van der Waals surface area contributed by atoms with Gasteiger partial charge in [0.05, 0.1) is 0 Å². The standard InChI is InChI=1S/C7H12O3.C4H8O/c1-9-7(6-8)2-4-10-5-3-7;1-2-4-5-3-1/h6H,2-5H2,1H3;1-4H2. The van der Waals surface area contributed by atoms with Gasteiger partial charge in [0.1, 0.15) is 5.60 Å². The summed E-state index contributed by atoms with van der Waals surface area (Å²) < 4.78 is 15.1. The molecule has 2 fully saturated rings. The van der Waals surface area contributed by atoms with E-state index in [9.17, 15) is 4.79 Å². The van der Waals surface area contributed by atoms with E-state index in [0.29, 0.717) is 26.1 Å². The summed E-state index contributed by atoms with van der Waals surface area (Å²) in [5.74, 6) is 0. The maximum absolute atomic E-state index is 10.5. The average molecular weight is 216 g/mol. The number of ether oxygens (including phenoxy) is 3. The van der Waals surface area contributed by atoms with Gasteiger partial charge in [-0.05, 0) is 12.8 Å². The molecule has 0 radical (unpaired) electrons. The van der Waals surface area contributed by atoms with Crippen LogP contribution in [0.3, 0.4) is 0 Å². The van der Waals surface area contributed by atoms with Crippen molar-refractivity contribution in [3.63, 3.8) is 0 Å². The molecule has 0 aromatic carbocycles. The summed E-state index contributed by atoms with van der Waals surface area (Å²) in [7, 11) is 1.57. The monoisotopic (exact) mass is 216 g/mol. The first-order valence-corrected chi connectivity index (χ1v) is 5.50. The van der Waals surface area contributed by atoms with Crippen LogP contribution in [0.15, 0.2) is 0 Å². The molecule has 2 heterocycles. The normalized spacial score (nSPS) is 24.1. The number of methoxy groups -OCH3 is 1. The third-order valence-electron chi connectivity index (χ3n) is 2.79. The molecule has 0 aromatic heterocycles. The van der Waals surface area contributed by atoms with Gasteiger partial charge in [-0.1, -0.05) is 0 Å². The first-order chi connectivity index (χ1) is 7.33. The lowest BCUT2D eigenvalue weighted by Crippen LogP contribution is -2.39. The fraction of sp³-hybridized carbons (Fsp3) is 0.909. The Balaban J connectivity index is 0.000000187. The van der Waals surface area contributed by atoms with E-state index in [4.69, 9.17) is 14.2 Å². The smallest absolute Gasteiger partial charge is 0.152 e. The molecule has 0 spiro atoms. The minimum atomic E-state index is -0.543. The molecule has 2 saturated heterocycles. The summed E-state index contributed by atoms with van der Waals surface area (Å²) in [6.45, 7) is 3.26. The van der Waals surface area contributed by atoms with Crippen molar-refractivity contribution in [1.29, 1.82) is 0 Å². The minimum Gasteiger partial charge on any atom is -0.381 e. The molecule has 0 atom stereocenters. The molecule has 2 rings (SSSR count). The van der Waals surface area contributed by atoms with E-state index >= 15 is 0 Å². The number of carbonyl (C=O) groups excluding carboxylic acids is 1. The molecule has 4 heteroatoms. The van der Waals surface area contributed by atoms with Crippen molar-refractivity contribution in [1.82, 2.24) is 0 Å². The highest BCUT2D eigenvalue weighted by Crippen LogP contribution is 2.21. The van der Waals surface area contributed by atoms with E-state index in [1.54, 1.807) is 7.11 Å². The molecule has 15 heavy (non-hydrogen) atoms. The summed E-state index contributed by atoms with van der Waals surface area (Å²) in [5.41, 5.74) is -0.543. The molecule has 0 bridgehead atoms. The molecule has 2 aliphatic heterocycles. The van der Waals surface area contributed by atoms with Crippen LogP contribution in [0.25, 0.3) is 0 Å². The van der Waals surface area contributed by atoms with Crippen molar-refractivity contribution in [3.8, 4) is 0 Å².